The molecule has 2 heterocycles. The molecule has 1 aliphatic heterocycles. The summed E-state index contributed by atoms with van der Waals surface area (Å²) >= 11 is 1.66. The molecular weight excluding hydrogens is 308 g/mol. The summed E-state index contributed by atoms with van der Waals surface area (Å²) in [5.74, 6) is 1.18. The van der Waals surface area contributed by atoms with Crippen molar-refractivity contribution >= 4 is 17.2 Å². The maximum atomic E-state index is 12.3. The molecule has 1 aliphatic rings. The van der Waals surface area contributed by atoms with Gasteiger partial charge in [-0.2, -0.15) is 0 Å². The van der Waals surface area contributed by atoms with E-state index in [1.807, 2.05) is 52.7 Å². The Kier molecular flexibility index (Phi) is 5.66. The van der Waals surface area contributed by atoms with Crippen molar-refractivity contribution < 1.29 is 14.4 Å². The van der Waals surface area contributed by atoms with Crippen molar-refractivity contribution in [3.63, 3.8) is 0 Å². The first-order valence-corrected chi connectivity index (χ1v) is 9.01. The standard InChI is InChI=1S/C18H22N2O2S/c21-18(15-17-7-4-14-23-17)20-10-8-19(9-11-20)12-13-22-16-5-2-1-3-6-16/h1-7,14H,8-13,15H2/p+1. The Morgan fingerprint density at radius 2 is 1.91 bits per heavy atom. The van der Waals surface area contributed by atoms with Crippen LogP contribution in [0, 0.1) is 0 Å². The molecular formula is C18H23N2O2S+. The molecule has 5 heteroatoms. The van der Waals surface area contributed by atoms with E-state index in [9.17, 15) is 4.79 Å². The van der Waals surface area contributed by atoms with Crippen molar-refractivity contribution in [3.05, 3.63) is 52.7 Å². The molecule has 1 amide bonds. The molecule has 3 rings (SSSR count). The average molecular weight is 331 g/mol. The van der Waals surface area contributed by atoms with Crippen LogP contribution >= 0.6 is 11.3 Å². The number of hydrogen-bond acceptors (Lipinski definition) is 3. The van der Waals surface area contributed by atoms with E-state index in [-0.39, 0.29) is 5.91 Å². The fraction of sp³-hybridized carbons (Fsp3) is 0.389. The number of rotatable bonds is 6. The highest BCUT2D eigenvalue weighted by atomic mass is 32.1. The number of para-hydroxylation sites is 1. The number of piperazine rings is 1. The largest absolute Gasteiger partial charge is 0.488 e. The van der Waals surface area contributed by atoms with Crippen molar-refractivity contribution in [1.82, 2.24) is 4.90 Å². The fourth-order valence-electron chi connectivity index (χ4n) is 2.83. The first-order chi connectivity index (χ1) is 11.3. The van der Waals surface area contributed by atoms with Gasteiger partial charge < -0.3 is 14.5 Å². The lowest BCUT2D eigenvalue weighted by Gasteiger charge is -2.32. The second kappa shape index (κ2) is 8.13. The zero-order valence-electron chi connectivity index (χ0n) is 13.2. The molecule has 0 spiro atoms. The lowest BCUT2D eigenvalue weighted by atomic mass is 10.2. The van der Waals surface area contributed by atoms with Gasteiger partial charge in [-0.1, -0.05) is 24.3 Å². The summed E-state index contributed by atoms with van der Waals surface area (Å²) < 4.78 is 5.75. The summed E-state index contributed by atoms with van der Waals surface area (Å²) in [6, 6.07) is 14.0. The van der Waals surface area contributed by atoms with Crippen LogP contribution in [0.2, 0.25) is 0 Å². The topological polar surface area (TPSA) is 34.0 Å². The van der Waals surface area contributed by atoms with Crippen LogP contribution in [0.5, 0.6) is 5.75 Å². The number of ether oxygens (including phenoxy) is 1. The molecule has 0 radical (unpaired) electrons. The van der Waals surface area contributed by atoms with E-state index in [1.165, 1.54) is 4.90 Å². The van der Waals surface area contributed by atoms with Crippen LogP contribution in [0.4, 0.5) is 0 Å². The summed E-state index contributed by atoms with van der Waals surface area (Å²) in [5.41, 5.74) is 0. The molecule has 1 N–H and O–H groups in total. The Morgan fingerprint density at radius 1 is 1.13 bits per heavy atom. The number of quaternary nitrogens is 1. The monoisotopic (exact) mass is 331 g/mol. The zero-order valence-corrected chi connectivity index (χ0v) is 14.1. The van der Waals surface area contributed by atoms with Gasteiger partial charge in [-0.05, 0) is 23.6 Å². The minimum atomic E-state index is 0.257. The first-order valence-electron chi connectivity index (χ1n) is 8.13. The number of hydrogen-bond donors (Lipinski definition) is 1. The third-order valence-corrected chi connectivity index (χ3v) is 5.07. The number of amides is 1. The van der Waals surface area contributed by atoms with Crippen molar-refractivity contribution in [1.29, 1.82) is 0 Å². The minimum Gasteiger partial charge on any atom is -0.488 e. The quantitative estimate of drug-likeness (QED) is 0.860. The highest BCUT2D eigenvalue weighted by Crippen LogP contribution is 2.10. The SMILES string of the molecule is O=C(Cc1cccs1)N1CC[NH+](CCOc2ccccc2)CC1. The van der Waals surface area contributed by atoms with Crippen LogP contribution < -0.4 is 9.64 Å². The first kappa shape index (κ1) is 16.0. The van der Waals surface area contributed by atoms with Crippen molar-refractivity contribution in [3.8, 4) is 5.75 Å². The third kappa shape index (κ3) is 4.81. The van der Waals surface area contributed by atoms with Crippen LogP contribution in [0.1, 0.15) is 4.88 Å². The molecule has 0 bridgehead atoms. The van der Waals surface area contributed by atoms with E-state index in [0.29, 0.717) is 6.42 Å². The Hall–Kier alpha value is -1.85. The number of thiophene rings is 1. The minimum absolute atomic E-state index is 0.257. The Morgan fingerprint density at radius 3 is 2.61 bits per heavy atom. The summed E-state index contributed by atoms with van der Waals surface area (Å²) in [7, 11) is 0. The second-order valence-corrected chi connectivity index (χ2v) is 6.83. The highest BCUT2D eigenvalue weighted by Gasteiger charge is 2.23. The van der Waals surface area contributed by atoms with E-state index in [0.717, 1.165) is 50.0 Å². The zero-order chi connectivity index (χ0) is 15.9. The van der Waals surface area contributed by atoms with E-state index in [4.69, 9.17) is 4.74 Å². The van der Waals surface area contributed by atoms with E-state index >= 15 is 0 Å². The van der Waals surface area contributed by atoms with Gasteiger partial charge in [-0.25, -0.2) is 0 Å². The Bertz CT molecular complexity index is 593. The van der Waals surface area contributed by atoms with Gasteiger partial charge in [0.25, 0.3) is 0 Å². The summed E-state index contributed by atoms with van der Waals surface area (Å²) in [4.78, 5) is 16.9. The summed E-state index contributed by atoms with van der Waals surface area (Å²) in [6.45, 7) is 5.43. The lowest BCUT2D eigenvalue weighted by Crippen LogP contribution is -3.15. The highest BCUT2D eigenvalue weighted by molar-refractivity contribution is 7.10. The van der Waals surface area contributed by atoms with Crippen molar-refractivity contribution in [2.24, 2.45) is 0 Å². The van der Waals surface area contributed by atoms with Crippen molar-refractivity contribution in [2.45, 2.75) is 6.42 Å². The molecule has 0 saturated carbocycles. The van der Waals surface area contributed by atoms with Crippen LogP contribution in [0.3, 0.4) is 0 Å². The average Bonchev–Trinajstić information content (AvgIpc) is 3.09. The van der Waals surface area contributed by atoms with Gasteiger partial charge in [0.15, 0.2) is 0 Å². The predicted molar refractivity (Wildman–Crippen MR) is 92.1 cm³/mol. The molecule has 4 nitrogen and oxygen atoms in total. The number of benzene rings is 1. The van der Waals surface area contributed by atoms with E-state index in [1.54, 1.807) is 11.3 Å². The maximum Gasteiger partial charge on any atom is 0.228 e. The fourth-order valence-corrected chi connectivity index (χ4v) is 3.52. The van der Waals surface area contributed by atoms with Gasteiger partial charge in [0, 0.05) is 4.88 Å². The number of carbonyl (C=O) groups is 1. The molecule has 1 saturated heterocycles. The summed E-state index contributed by atoms with van der Waals surface area (Å²) in [5, 5.41) is 2.03. The molecule has 0 aliphatic carbocycles. The molecule has 1 fully saturated rings. The molecule has 1 aromatic carbocycles. The van der Waals surface area contributed by atoms with E-state index in [2.05, 4.69) is 0 Å². The third-order valence-electron chi connectivity index (χ3n) is 4.20. The molecule has 1 aromatic heterocycles. The van der Waals surface area contributed by atoms with Crippen LogP contribution in [0.15, 0.2) is 47.8 Å². The molecule has 0 atom stereocenters. The molecule has 122 valence electrons. The van der Waals surface area contributed by atoms with Gasteiger partial charge in [-0.3, -0.25) is 4.79 Å². The van der Waals surface area contributed by atoms with Crippen molar-refractivity contribution in [2.75, 3.05) is 39.3 Å². The molecule has 2 aromatic rings. The molecule has 23 heavy (non-hydrogen) atoms. The smallest absolute Gasteiger partial charge is 0.228 e. The second-order valence-electron chi connectivity index (χ2n) is 5.80. The van der Waals surface area contributed by atoms with Crippen LogP contribution in [0.25, 0.3) is 0 Å². The Labute approximate surface area is 141 Å². The van der Waals surface area contributed by atoms with E-state index < -0.39 is 0 Å². The maximum absolute atomic E-state index is 12.3. The van der Waals surface area contributed by atoms with Gasteiger partial charge in [0.1, 0.15) is 18.9 Å². The van der Waals surface area contributed by atoms with Crippen LogP contribution in [-0.2, 0) is 11.2 Å². The number of carbonyl (C=O) groups excluding carboxylic acids is 1. The Balaban J connectivity index is 1.36. The van der Waals surface area contributed by atoms with Gasteiger partial charge >= 0.3 is 0 Å². The van der Waals surface area contributed by atoms with Gasteiger partial charge in [0.2, 0.25) is 5.91 Å². The number of nitrogens with zero attached hydrogens (tertiary/aromatic N) is 1. The lowest BCUT2D eigenvalue weighted by molar-refractivity contribution is -0.904. The molecule has 0 unspecified atom stereocenters. The van der Waals surface area contributed by atoms with Gasteiger partial charge in [-0.15, -0.1) is 11.3 Å². The van der Waals surface area contributed by atoms with Crippen LogP contribution in [-0.4, -0.2) is 50.1 Å². The summed E-state index contributed by atoms with van der Waals surface area (Å²) in [6.07, 6.45) is 0.546. The number of nitrogens with one attached hydrogen (secondary N) is 1. The van der Waals surface area contributed by atoms with Gasteiger partial charge in [0.05, 0.1) is 32.6 Å². The predicted octanol–water partition coefficient (Wildman–Crippen LogP) is 1.10. The normalized spacial score (nSPS) is 15.6.